The standard InChI is InChI=1S/C15H26N2O2/c1-5-8-18-9-10-19-14-11-13(6-7-16-14)12-17-15(2,3)4/h6-7,11,17H,5,8-10,12H2,1-4H3. The second-order valence-corrected chi connectivity index (χ2v) is 5.57. The maximum Gasteiger partial charge on any atom is 0.213 e. The molecule has 0 radical (unpaired) electrons. The van der Waals surface area contributed by atoms with Gasteiger partial charge in [0.05, 0.1) is 6.61 Å². The number of hydrogen-bond donors (Lipinski definition) is 1. The highest BCUT2D eigenvalue weighted by Gasteiger charge is 2.08. The first-order valence-corrected chi connectivity index (χ1v) is 6.92. The van der Waals surface area contributed by atoms with Crippen LogP contribution in [0.3, 0.4) is 0 Å². The Bertz CT molecular complexity index is 361. The highest BCUT2D eigenvalue weighted by atomic mass is 16.5. The van der Waals surface area contributed by atoms with Crippen LogP contribution in [0.15, 0.2) is 18.3 Å². The predicted molar refractivity (Wildman–Crippen MR) is 77.4 cm³/mol. The number of pyridine rings is 1. The Morgan fingerprint density at radius 2 is 2.00 bits per heavy atom. The number of aromatic nitrogens is 1. The normalized spacial score (nSPS) is 11.6. The van der Waals surface area contributed by atoms with Gasteiger partial charge in [0.2, 0.25) is 5.88 Å². The van der Waals surface area contributed by atoms with Crippen molar-refractivity contribution in [1.82, 2.24) is 10.3 Å². The monoisotopic (exact) mass is 266 g/mol. The quantitative estimate of drug-likeness (QED) is 0.735. The third-order valence-corrected chi connectivity index (χ3v) is 2.45. The zero-order valence-electron chi connectivity index (χ0n) is 12.5. The van der Waals surface area contributed by atoms with Gasteiger partial charge in [-0.05, 0) is 38.8 Å². The average Bonchev–Trinajstić information content (AvgIpc) is 2.36. The zero-order valence-corrected chi connectivity index (χ0v) is 12.5. The summed E-state index contributed by atoms with van der Waals surface area (Å²) in [5.41, 5.74) is 1.28. The van der Waals surface area contributed by atoms with Gasteiger partial charge in [0.25, 0.3) is 0 Å². The van der Waals surface area contributed by atoms with Crippen LogP contribution in [0, 0.1) is 0 Å². The van der Waals surface area contributed by atoms with Gasteiger partial charge in [0.1, 0.15) is 6.61 Å². The molecule has 0 aliphatic heterocycles. The van der Waals surface area contributed by atoms with E-state index in [4.69, 9.17) is 9.47 Å². The Balaban J connectivity index is 2.35. The van der Waals surface area contributed by atoms with Crippen molar-refractivity contribution >= 4 is 0 Å². The second kappa shape index (κ2) is 8.12. The highest BCUT2D eigenvalue weighted by Crippen LogP contribution is 2.10. The molecule has 4 nitrogen and oxygen atoms in total. The number of nitrogens with one attached hydrogen (secondary N) is 1. The molecule has 1 aromatic rings. The van der Waals surface area contributed by atoms with Crippen molar-refractivity contribution in [2.75, 3.05) is 19.8 Å². The third-order valence-electron chi connectivity index (χ3n) is 2.45. The summed E-state index contributed by atoms with van der Waals surface area (Å²) in [5.74, 6) is 0.660. The van der Waals surface area contributed by atoms with Gasteiger partial charge in [0.15, 0.2) is 0 Å². The van der Waals surface area contributed by atoms with E-state index in [0.29, 0.717) is 19.1 Å². The largest absolute Gasteiger partial charge is 0.475 e. The Morgan fingerprint density at radius 3 is 2.68 bits per heavy atom. The van der Waals surface area contributed by atoms with E-state index in [1.807, 2.05) is 12.1 Å². The van der Waals surface area contributed by atoms with Gasteiger partial charge < -0.3 is 14.8 Å². The van der Waals surface area contributed by atoms with Gasteiger partial charge in [0, 0.05) is 31.0 Å². The number of hydrogen-bond acceptors (Lipinski definition) is 4. The van der Waals surface area contributed by atoms with Crippen molar-refractivity contribution in [1.29, 1.82) is 0 Å². The van der Waals surface area contributed by atoms with Crippen LogP contribution in [0.25, 0.3) is 0 Å². The number of rotatable bonds is 8. The lowest BCUT2D eigenvalue weighted by molar-refractivity contribution is 0.0990. The maximum absolute atomic E-state index is 5.56. The van der Waals surface area contributed by atoms with Crippen LogP contribution < -0.4 is 10.1 Å². The van der Waals surface area contributed by atoms with Crippen molar-refractivity contribution in [2.45, 2.75) is 46.2 Å². The first-order valence-electron chi connectivity index (χ1n) is 6.92. The van der Waals surface area contributed by atoms with E-state index in [0.717, 1.165) is 19.6 Å². The minimum absolute atomic E-state index is 0.109. The number of nitrogens with zero attached hydrogens (tertiary/aromatic N) is 1. The highest BCUT2D eigenvalue weighted by molar-refractivity contribution is 5.20. The van der Waals surface area contributed by atoms with E-state index in [9.17, 15) is 0 Å². The first kappa shape index (κ1) is 15.9. The van der Waals surface area contributed by atoms with Crippen LogP contribution in [0.4, 0.5) is 0 Å². The van der Waals surface area contributed by atoms with Gasteiger partial charge in [-0.2, -0.15) is 0 Å². The van der Waals surface area contributed by atoms with E-state index in [2.05, 4.69) is 38.0 Å². The molecule has 0 saturated carbocycles. The third kappa shape index (κ3) is 7.80. The average molecular weight is 266 g/mol. The van der Waals surface area contributed by atoms with Crippen molar-refractivity contribution in [3.8, 4) is 5.88 Å². The lowest BCUT2D eigenvalue weighted by Gasteiger charge is -2.20. The summed E-state index contributed by atoms with van der Waals surface area (Å²) in [7, 11) is 0. The molecule has 4 heteroatoms. The lowest BCUT2D eigenvalue weighted by atomic mass is 10.1. The van der Waals surface area contributed by atoms with Gasteiger partial charge in [-0.3, -0.25) is 0 Å². The number of ether oxygens (including phenoxy) is 2. The molecular weight excluding hydrogens is 240 g/mol. The summed E-state index contributed by atoms with van der Waals surface area (Å²) in [6.07, 6.45) is 2.81. The van der Waals surface area contributed by atoms with E-state index >= 15 is 0 Å². The molecular formula is C15H26N2O2. The molecule has 1 heterocycles. The Hall–Kier alpha value is -1.13. The topological polar surface area (TPSA) is 43.4 Å². The molecule has 0 aliphatic rings. The molecule has 1 N–H and O–H groups in total. The summed E-state index contributed by atoms with van der Waals surface area (Å²) in [5, 5.41) is 3.44. The summed E-state index contributed by atoms with van der Waals surface area (Å²) < 4.78 is 10.9. The van der Waals surface area contributed by atoms with E-state index in [-0.39, 0.29) is 5.54 Å². The zero-order chi connectivity index (χ0) is 14.1. The minimum Gasteiger partial charge on any atom is -0.475 e. The molecule has 0 bridgehead atoms. The molecule has 0 saturated heterocycles. The van der Waals surface area contributed by atoms with E-state index in [1.165, 1.54) is 5.56 Å². The Morgan fingerprint density at radius 1 is 1.21 bits per heavy atom. The van der Waals surface area contributed by atoms with Crippen LogP contribution in [-0.2, 0) is 11.3 Å². The minimum atomic E-state index is 0.109. The molecule has 0 aliphatic carbocycles. The van der Waals surface area contributed by atoms with Crippen molar-refractivity contribution in [2.24, 2.45) is 0 Å². The van der Waals surface area contributed by atoms with Crippen LogP contribution >= 0.6 is 0 Å². The fourth-order valence-electron chi connectivity index (χ4n) is 1.46. The molecule has 1 aromatic heterocycles. The SMILES string of the molecule is CCCOCCOc1cc(CNC(C)(C)C)ccn1. The van der Waals surface area contributed by atoms with E-state index in [1.54, 1.807) is 6.20 Å². The smallest absolute Gasteiger partial charge is 0.213 e. The first-order chi connectivity index (χ1) is 9.01. The molecule has 0 atom stereocenters. The van der Waals surface area contributed by atoms with E-state index < -0.39 is 0 Å². The van der Waals surface area contributed by atoms with Crippen LogP contribution in [0.2, 0.25) is 0 Å². The van der Waals surface area contributed by atoms with Crippen LogP contribution in [0.5, 0.6) is 5.88 Å². The van der Waals surface area contributed by atoms with Crippen molar-refractivity contribution in [3.05, 3.63) is 23.9 Å². The summed E-state index contributed by atoms with van der Waals surface area (Å²) in [6.45, 7) is 11.3. The van der Waals surface area contributed by atoms with Crippen molar-refractivity contribution in [3.63, 3.8) is 0 Å². The molecule has 0 aromatic carbocycles. The van der Waals surface area contributed by atoms with Gasteiger partial charge in [-0.25, -0.2) is 4.98 Å². The Labute approximate surface area is 116 Å². The van der Waals surface area contributed by atoms with Gasteiger partial charge in [-0.1, -0.05) is 6.92 Å². The molecule has 0 unspecified atom stereocenters. The van der Waals surface area contributed by atoms with Crippen LogP contribution in [0.1, 0.15) is 39.7 Å². The fourth-order valence-corrected chi connectivity index (χ4v) is 1.46. The molecule has 19 heavy (non-hydrogen) atoms. The van der Waals surface area contributed by atoms with Gasteiger partial charge in [-0.15, -0.1) is 0 Å². The second-order valence-electron chi connectivity index (χ2n) is 5.57. The molecule has 108 valence electrons. The lowest BCUT2D eigenvalue weighted by Crippen LogP contribution is -2.35. The summed E-state index contributed by atoms with van der Waals surface area (Å²) in [6, 6.07) is 3.97. The summed E-state index contributed by atoms with van der Waals surface area (Å²) >= 11 is 0. The Kier molecular flexibility index (Phi) is 6.81. The molecule has 0 amide bonds. The summed E-state index contributed by atoms with van der Waals surface area (Å²) in [4.78, 5) is 4.20. The molecule has 0 spiro atoms. The van der Waals surface area contributed by atoms with Gasteiger partial charge >= 0.3 is 0 Å². The molecule has 0 fully saturated rings. The molecule has 1 rings (SSSR count). The maximum atomic E-state index is 5.56. The fraction of sp³-hybridized carbons (Fsp3) is 0.667. The predicted octanol–water partition coefficient (Wildman–Crippen LogP) is 2.78. The van der Waals surface area contributed by atoms with Crippen molar-refractivity contribution < 1.29 is 9.47 Å². The van der Waals surface area contributed by atoms with Crippen LogP contribution in [-0.4, -0.2) is 30.3 Å².